The van der Waals surface area contributed by atoms with Crippen LogP contribution in [0.25, 0.3) is 10.9 Å². The van der Waals surface area contributed by atoms with Gasteiger partial charge in [0.2, 0.25) is 5.91 Å². The van der Waals surface area contributed by atoms with Crippen LogP contribution in [0.15, 0.2) is 65.4 Å². The van der Waals surface area contributed by atoms with E-state index < -0.39 is 0 Å². The van der Waals surface area contributed by atoms with Crippen molar-refractivity contribution in [3.05, 3.63) is 65.4 Å². The molecule has 1 heterocycles. The third-order valence-electron chi connectivity index (χ3n) is 3.52. The number of ether oxygens (including phenoxy) is 1. The largest absolute Gasteiger partial charge is 0.381 e. The molecule has 0 fully saturated rings. The van der Waals surface area contributed by atoms with Gasteiger partial charge in [-0.3, -0.25) is 4.79 Å². The molecular formula is C19H17BrN4O2. The summed E-state index contributed by atoms with van der Waals surface area (Å²) in [5, 5.41) is 6.92. The first-order chi connectivity index (χ1) is 12.7. The van der Waals surface area contributed by atoms with Gasteiger partial charge < -0.3 is 15.4 Å². The summed E-state index contributed by atoms with van der Waals surface area (Å²) in [4.78, 5) is 20.5. The van der Waals surface area contributed by atoms with Gasteiger partial charge in [0.15, 0.2) is 0 Å². The highest BCUT2D eigenvalue weighted by molar-refractivity contribution is 9.10. The van der Waals surface area contributed by atoms with Crippen LogP contribution in [0.4, 0.5) is 17.2 Å². The van der Waals surface area contributed by atoms with E-state index in [1.807, 2.05) is 36.4 Å². The minimum atomic E-state index is -0.222. The number of benzene rings is 2. The van der Waals surface area contributed by atoms with Crippen molar-refractivity contribution in [1.82, 2.24) is 9.97 Å². The molecule has 6 nitrogen and oxygen atoms in total. The molecule has 1 amide bonds. The quantitative estimate of drug-likeness (QED) is 0.590. The summed E-state index contributed by atoms with van der Waals surface area (Å²) in [6, 6.07) is 13.3. The summed E-state index contributed by atoms with van der Waals surface area (Å²) in [7, 11) is 1.57. The van der Waals surface area contributed by atoms with E-state index in [4.69, 9.17) is 4.74 Å². The number of amides is 1. The third-order valence-corrected chi connectivity index (χ3v) is 4.02. The molecule has 26 heavy (non-hydrogen) atoms. The Balaban J connectivity index is 1.87. The molecule has 0 saturated heterocycles. The fraction of sp³-hybridized carbons (Fsp3) is 0.105. The molecule has 0 unspecified atom stereocenters. The topological polar surface area (TPSA) is 76.1 Å². The minimum absolute atomic E-state index is 0.222. The first-order valence-electron chi connectivity index (χ1n) is 7.89. The number of hydrogen-bond donors (Lipinski definition) is 2. The summed E-state index contributed by atoms with van der Waals surface area (Å²) in [6.07, 6.45) is 4.60. The van der Waals surface area contributed by atoms with Gasteiger partial charge in [-0.25, -0.2) is 9.97 Å². The van der Waals surface area contributed by atoms with Gasteiger partial charge in [-0.05, 0) is 36.4 Å². The number of hydrogen-bond acceptors (Lipinski definition) is 5. The van der Waals surface area contributed by atoms with Gasteiger partial charge in [-0.15, -0.1) is 0 Å². The highest BCUT2D eigenvalue weighted by atomic mass is 79.9. The Kier molecular flexibility index (Phi) is 5.93. The van der Waals surface area contributed by atoms with E-state index in [2.05, 4.69) is 36.5 Å². The molecular weight excluding hydrogens is 396 g/mol. The van der Waals surface area contributed by atoms with E-state index >= 15 is 0 Å². The molecule has 0 radical (unpaired) electrons. The van der Waals surface area contributed by atoms with Crippen LogP contribution in [0.3, 0.4) is 0 Å². The van der Waals surface area contributed by atoms with Crippen molar-refractivity contribution in [1.29, 1.82) is 0 Å². The van der Waals surface area contributed by atoms with Crippen molar-refractivity contribution in [2.45, 2.75) is 0 Å². The van der Waals surface area contributed by atoms with Crippen molar-refractivity contribution in [3.8, 4) is 0 Å². The van der Waals surface area contributed by atoms with Gasteiger partial charge in [0.25, 0.3) is 0 Å². The Morgan fingerprint density at radius 1 is 1.19 bits per heavy atom. The smallest absolute Gasteiger partial charge is 0.248 e. The van der Waals surface area contributed by atoms with E-state index in [9.17, 15) is 4.79 Å². The maximum atomic E-state index is 11.9. The lowest BCUT2D eigenvalue weighted by atomic mass is 10.2. The van der Waals surface area contributed by atoms with Crippen molar-refractivity contribution >= 4 is 49.9 Å². The van der Waals surface area contributed by atoms with Crippen LogP contribution in [0.1, 0.15) is 0 Å². The Hall–Kier alpha value is -2.77. The molecule has 2 aromatic carbocycles. The summed E-state index contributed by atoms with van der Waals surface area (Å²) in [6.45, 7) is 0.389. The number of carbonyl (C=O) groups is 1. The van der Waals surface area contributed by atoms with Gasteiger partial charge in [-0.2, -0.15) is 0 Å². The highest BCUT2D eigenvalue weighted by Gasteiger charge is 2.07. The Morgan fingerprint density at radius 3 is 2.88 bits per heavy atom. The summed E-state index contributed by atoms with van der Waals surface area (Å²) in [5.41, 5.74) is 2.35. The summed E-state index contributed by atoms with van der Waals surface area (Å²) < 4.78 is 5.85. The lowest BCUT2D eigenvalue weighted by Gasteiger charge is -2.10. The maximum Gasteiger partial charge on any atom is 0.248 e. The van der Waals surface area contributed by atoms with Crippen LogP contribution in [-0.4, -0.2) is 29.6 Å². The Morgan fingerprint density at radius 2 is 2.08 bits per heavy atom. The monoisotopic (exact) mass is 412 g/mol. The van der Waals surface area contributed by atoms with Gasteiger partial charge >= 0.3 is 0 Å². The molecule has 132 valence electrons. The summed E-state index contributed by atoms with van der Waals surface area (Å²) in [5.74, 6) is 0.443. The van der Waals surface area contributed by atoms with Crippen molar-refractivity contribution in [3.63, 3.8) is 0 Å². The Labute approximate surface area is 159 Å². The number of halogens is 1. The third kappa shape index (κ3) is 4.65. The lowest BCUT2D eigenvalue weighted by molar-refractivity contribution is -0.111. The van der Waals surface area contributed by atoms with E-state index in [1.54, 1.807) is 19.3 Å². The molecule has 0 bridgehead atoms. The number of rotatable bonds is 6. The first-order valence-corrected chi connectivity index (χ1v) is 8.69. The molecule has 0 spiro atoms. The van der Waals surface area contributed by atoms with E-state index in [1.165, 1.54) is 12.4 Å². The highest BCUT2D eigenvalue weighted by Crippen LogP contribution is 2.26. The number of anilines is 3. The molecule has 0 aliphatic carbocycles. The van der Waals surface area contributed by atoms with Crippen LogP contribution in [-0.2, 0) is 9.53 Å². The van der Waals surface area contributed by atoms with Crippen LogP contribution in [0.5, 0.6) is 0 Å². The van der Waals surface area contributed by atoms with Gasteiger partial charge in [0.1, 0.15) is 12.1 Å². The lowest BCUT2D eigenvalue weighted by Crippen LogP contribution is -2.08. The van der Waals surface area contributed by atoms with Gasteiger partial charge in [-0.1, -0.05) is 28.1 Å². The second-order valence-corrected chi connectivity index (χ2v) is 6.35. The number of aromatic nitrogens is 2. The zero-order valence-corrected chi connectivity index (χ0v) is 15.7. The zero-order valence-electron chi connectivity index (χ0n) is 14.1. The molecule has 3 aromatic rings. The number of methoxy groups -OCH3 is 1. The molecule has 0 saturated carbocycles. The minimum Gasteiger partial charge on any atom is -0.381 e. The van der Waals surface area contributed by atoms with Crippen molar-refractivity contribution in [2.75, 3.05) is 24.4 Å². The average Bonchev–Trinajstić information content (AvgIpc) is 2.62. The predicted molar refractivity (Wildman–Crippen MR) is 107 cm³/mol. The first kappa shape index (κ1) is 18.0. The number of fused-ring (bicyclic) bond motifs is 1. The zero-order chi connectivity index (χ0) is 18.4. The van der Waals surface area contributed by atoms with Crippen LogP contribution in [0, 0.1) is 0 Å². The maximum absolute atomic E-state index is 11.9. The summed E-state index contributed by atoms with van der Waals surface area (Å²) >= 11 is 3.45. The average molecular weight is 413 g/mol. The molecule has 2 N–H and O–H groups in total. The van der Waals surface area contributed by atoms with Crippen LogP contribution >= 0.6 is 15.9 Å². The molecule has 0 aliphatic heterocycles. The standard InChI is InChI=1S/C19H17BrN4O2/c1-26-9-3-6-18(25)23-15-7-8-17-16(11-15)19(22-12-21-17)24-14-5-2-4-13(20)10-14/h2-8,10-12H,9H2,1H3,(H,23,25)(H,21,22,24). The van der Waals surface area contributed by atoms with Gasteiger partial charge in [0, 0.05) is 34.4 Å². The second kappa shape index (κ2) is 8.55. The van der Waals surface area contributed by atoms with Crippen LogP contribution < -0.4 is 10.6 Å². The predicted octanol–water partition coefficient (Wildman–Crippen LogP) is 4.28. The SMILES string of the molecule is COCC=CC(=O)Nc1ccc2ncnc(Nc3cccc(Br)c3)c2c1. The molecule has 0 aliphatic rings. The second-order valence-electron chi connectivity index (χ2n) is 5.44. The molecule has 3 rings (SSSR count). The van der Waals surface area contributed by atoms with E-state index in [-0.39, 0.29) is 5.91 Å². The number of nitrogens with zero attached hydrogens (tertiary/aromatic N) is 2. The Bertz CT molecular complexity index is 959. The van der Waals surface area contributed by atoms with E-state index in [0.29, 0.717) is 18.1 Å². The number of carbonyl (C=O) groups excluding carboxylic acids is 1. The van der Waals surface area contributed by atoms with Crippen LogP contribution in [0.2, 0.25) is 0 Å². The number of nitrogens with one attached hydrogen (secondary N) is 2. The van der Waals surface area contributed by atoms with Crippen molar-refractivity contribution < 1.29 is 9.53 Å². The fourth-order valence-corrected chi connectivity index (χ4v) is 2.77. The van der Waals surface area contributed by atoms with Gasteiger partial charge in [0.05, 0.1) is 12.1 Å². The normalized spacial score (nSPS) is 11.0. The van der Waals surface area contributed by atoms with Crippen molar-refractivity contribution in [2.24, 2.45) is 0 Å². The fourth-order valence-electron chi connectivity index (χ4n) is 2.37. The molecule has 7 heteroatoms. The van der Waals surface area contributed by atoms with E-state index in [0.717, 1.165) is 21.1 Å². The molecule has 0 atom stereocenters. The molecule has 1 aromatic heterocycles.